The van der Waals surface area contributed by atoms with Crippen molar-refractivity contribution in [3.63, 3.8) is 0 Å². The fraction of sp³-hybridized carbons (Fsp3) is 0.692. The summed E-state index contributed by atoms with van der Waals surface area (Å²) in [6.07, 6.45) is 2.97. The lowest BCUT2D eigenvalue weighted by Gasteiger charge is -2.21. The molecule has 8 heteroatoms. The van der Waals surface area contributed by atoms with Crippen LogP contribution >= 0.6 is 27.7 Å². The van der Waals surface area contributed by atoms with E-state index in [0.29, 0.717) is 12.3 Å². The van der Waals surface area contributed by atoms with Crippen LogP contribution in [0, 0.1) is 0 Å². The lowest BCUT2D eigenvalue weighted by molar-refractivity contribution is 0.460. The van der Waals surface area contributed by atoms with Crippen molar-refractivity contribution in [2.45, 2.75) is 43.7 Å². The van der Waals surface area contributed by atoms with Crippen molar-refractivity contribution in [2.24, 2.45) is 0 Å². The van der Waals surface area contributed by atoms with Crippen LogP contribution in [0.3, 0.4) is 0 Å². The molecule has 1 fully saturated rings. The minimum atomic E-state index is -3.53. The summed E-state index contributed by atoms with van der Waals surface area (Å²) in [7, 11) is -3.53. The maximum absolute atomic E-state index is 12.4. The first kappa shape index (κ1) is 17.3. The monoisotopic (exact) mass is 396 g/mol. The summed E-state index contributed by atoms with van der Waals surface area (Å²) in [5, 5.41) is 3.19. The molecular formula is C13H21BrN2O3S2. The molecule has 0 radical (unpaired) electrons. The van der Waals surface area contributed by atoms with Crippen molar-refractivity contribution in [3.8, 4) is 0 Å². The molecule has 2 N–H and O–H groups in total. The van der Waals surface area contributed by atoms with Gasteiger partial charge in [-0.05, 0) is 47.5 Å². The number of rotatable bonds is 7. The highest BCUT2D eigenvalue weighted by molar-refractivity contribution is 9.10. The van der Waals surface area contributed by atoms with Crippen LogP contribution in [0.25, 0.3) is 0 Å². The third-order valence-electron chi connectivity index (χ3n) is 3.20. The Hall–Kier alpha value is -0.0200. The van der Waals surface area contributed by atoms with Gasteiger partial charge in [0.2, 0.25) is 10.0 Å². The fourth-order valence-corrected chi connectivity index (χ4v) is 5.62. The zero-order valence-corrected chi connectivity index (χ0v) is 15.2. The minimum Gasteiger partial charge on any atom is -0.452 e. The summed E-state index contributed by atoms with van der Waals surface area (Å²) < 4.78 is 33.4. The third-order valence-corrected chi connectivity index (χ3v) is 6.80. The molecule has 0 saturated carbocycles. The van der Waals surface area contributed by atoms with E-state index in [1.807, 2.05) is 0 Å². The molecule has 2 rings (SSSR count). The Kier molecular flexibility index (Phi) is 6.61. The van der Waals surface area contributed by atoms with Crippen LogP contribution < -0.4 is 10.0 Å². The molecule has 0 aromatic carbocycles. The maximum atomic E-state index is 12.4. The van der Waals surface area contributed by atoms with Crippen LogP contribution in [0.15, 0.2) is 20.0 Å². The van der Waals surface area contributed by atoms with Crippen LogP contribution in [0.1, 0.15) is 31.9 Å². The molecule has 1 aromatic heterocycles. The highest BCUT2D eigenvalue weighted by Gasteiger charge is 2.26. The Morgan fingerprint density at radius 1 is 1.52 bits per heavy atom. The predicted molar refractivity (Wildman–Crippen MR) is 89.1 cm³/mol. The first-order valence-electron chi connectivity index (χ1n) is 7.12. The standard InChI is InChI=1S/C13H21BrN2O3S2/c1-2-5-15-8-11-7-12(13(14)19-11)21(17,18)16-10-4-3-6-20-9-10/h7,10,15-16H,2-6,8-9H2,1H3. The van der Waals surface area contributed by atoms with Gasteiger partial charge in [-0.2, -0.15) is 11.8 Å². The van der Waals surface area contributed by atoms with Crippen LogP contribution in [0.5, 0.6) is 0 Å². The molecule has 1 atom stereocenters. The molecular weight excluding hydrogens is 376 g/mol. The van der Waals surface area contributed by atoms with Crippen molar-refractivity contribution in [3.05, 3.63) is 16.5 Å². The van der Waals surface area contributed by atoms with Crippen molar-refractivity contribution < 1.29 is 12.8 Å². The SMILES string of the molecule is CCCNCc1cc(S(=O)(=O)NC2CCCSC2)c(Br)o1. The van der Waals surface area contributed by atoms with E-state index in [2.05, 4.69) is 32.9 Å². The second-order valence-corrected chi connectivity index (χ2v) is 8.62. The van der Waals surface area contributed by atoms with Crippen LogP contribution in [-0.2, 0) is 16.6 Å². The average Bonchev–Trinajstić information content (AvgIpc) is 2.82. The van der Waals surface area contributed by atoms with Crippen LogP contribution in [-0.4, -0.2) is 32.5 Å². The zero-order chi connectivity index (χ0) is 15.3. The molecule has 1 aromatic rings. The van der Waals surface area contributed by atoms with Gasteiger partial charge >= 0.3 is 0 Å². The van der Waals surface area contributed by atoms with Gasteiger partial charge < -0.3 is 9.73 Å². The van der Waals surface area contributed by atoms with Gasteiger partial charge in [0.25, 0.3) is 0 Å². The molecule has 2 heterocycles. The second kappa shape index (κ2) is 8.01. The van der Waals surface area contributed by atoms with Gasteiger partial charge in [-0.25, -0.2) is 13.1 Å². The number of hydrogen-bond acceptors (Lipinski definition) is 5. The number of sulfonamides is 1. The molecule has 1 saturated heterocycles. The third kappa shape index (κ3) is 4.99. The number of nitrogens with one attached hydrogen (secondary N) is 2. The van der Waals surface area contributed by atoms with Crippen LogP contribution in [0.2, 0.25) is 0 Å². The van der Waals surface area contributed by atoms with E-state index in [4.69, 9.17) is 4.42 Å². The Labute approximate surface area is 138 Å². The second-order valence-electron chi connectivity index (χ2n) is 5.06. The molecule has 1 aliphatic heterocycles. The summed E-state index contributed by atoms with van der Waals surface area (Å²) in [6, 6.07) is 1.60. The highest BCUT2D eigenvalue weighted by Crippen LogP contribution is 2.27. The lowest BCUT2D eigenvalue weighted by Crippen LogP contribution is -2.38. The molecule has 0 bridgehead atoms. The van der Waals surface area contributed by atoms with Crippen LogP contribution in [0.4, 0.5) is 0 Å². The molecule has 1 unspecified atom stereocenters. The number of hydrogen-bond donors (Lipinski definition) is 2. The van der Waals surface area contributed by atoms with E-state index >= 15 is 0 Å². The van der Waals surface area contributed by atoms with Gasteiger partial charge in [0.15, 0.2) is 4.67 Å². The van der Waals surface area contributed by atoms with E-state index in [1.165, 1.54) is 0 Å². The first-order chi connectivity index (χ1) is 10.0. The van der Waals surface area contributed by atoms with Gasteiger partial charge in [0.1, 0.15) is 10.7 Å². The van der Waals surface area contributed by atoms with Crippen molar-refractivity contribution in [1.82, 2.24) is 10.0 Å². The summed E-state index contributed by atoms with van der Waals surface area (Å²) in [5.41, 5.74) is 0. The quantitative estimate of drug-likeness (QED) is 0.693. The highest BCUT2D eigenvalue weighted by atomic mass is 79.9. The van der Waals surface area contributed by atoms with E-state index in [-0.39, 0.29) is 15.6 Å². The van der Waals surface area contributed by atoms with Gasteiger partial charge in [0.05, 0.1) is 6.54 Å². The molecule has 0 amide bonds. The van der Waals surface area contributed by atoms with E-state index < -0.39 is 10.0 Å². The Balaban J connectivity index is 2.04. The Bertz CT molecular complexity index is 554. The molecule has 120 valence electrons. The molecule has 5 nitrogen and oxygen atoms in total. The zero-order valence-electron chi connectivity index (χ0n) is 12.0. The number of furan rings is 1. The van der Waals surface area contributed by atoms with Gasteiger partial charge in [0, 0.05) is 17.9 Å². The Morgan fingerprint density at radius 3 is 3.00 bits per heavy atom. The van der Waals surface area contributed by atoms with E-state index in [0.717, 1.165) is 37.3 Å². The number of thioether (sulfide) groups is 1. The van der Waals surface area contributed by atoms with Gasteiger partial charge in [-0.3, -0.25) is 0 Å². The molecule has 0 spiro atoms. The van der Waals surface area contributed by atoms with E-state index in [1.54, 1.807) is 17.8 Å². The fourth-order valence-electron chi connectivity index (χ4n) is 2.17. The van der Waals surface area contributed by atoms with Gasteiger partial charge in [-0.15, -0.1) is 0 Å². The van der Waals surface area contributed by atoms with E-state index in [9.17, 15) is 8.42 Å². The largest absolute Gasteiger partial charge is 0.452 e. The molecule has 1 aliphatic rings. The van der Waals surface area contributed by atoms with Crippen molar-refractivity contribution in [2.75, 3.05) is 18.1 Å². The summed E-state index contributed by atoms with van der Waals surface area (Å²) in [4.78, 5) is 0.186. The van der Waals surface area contributed by atoms with Crippen molar-refractivity contribution >= 4 is 37.7 Å². The summed E-state index contributed by atoms with van der Waals surface area (Å²) in [5.74, 6) is 2.56. The number of halogens is 1. The predicted octanol–water partition coefficient (Wildman–Crippen LogP) is 2.72. The Morgan fingerprint density at radius 2 is 2.33 bits per heavy atom. The summed E-state index contributed by atoms with van der Waals surface area (Å²) in [6.45, 7) is 3.48. The molecule has 21 heavy (non-hydrogen) atoms. The smallest absolute Gasteiger partial charge is 0.245 e. The molecule has 0 aliphatic carbocycles. The normalized spacial score (nSPS) is 19.8. The summed E-state index contributed by atoms with van der Waals surface area (Å²) >= 11 is 5.00. The average molecular weight is 397 g/mol. The first-order valence-corrected chi connectivity index (χ1v) is 10.5. The minimum absolute atomic E-state index is 0.0113. The maximum Gasteiger partial charge on any atom is 0.245 e. The topological polar surface area (TPSA) is 71.3 Å². The van der Waals surface area contributed by atoms with Crippen molar-refractivity contribution in [1.29, 1.82) is 0 Å². The van der Waals surface area contributed by atoms with Gasteiger partial charge in [-0.1, -0.05) is 6.92 Å². The lowest BCUT2D eigenvalue weighted by atomic mass is 10.2.